The van der Waals surface area contributed by atoms with Crippen LogP contribution in [0.5, 0.6) is 0 Å². The Hall–Kier alpha value is -2.63. The Morgan fingerprint density at radius 3 is 2.37 bits per heavy atom. The fourth-order valence-corrected chi connectivity index (χ4v) is 0.921. The monoisotopic (exact) mass is 261 g/mol. The smallest absolute Gasteiger partial charge is 0.240 e. The normalized spacial score (nSPS) is 11.5. The Balaban J connectivity index is 0.000000261. The summed E-state index contributed by atoms with van der Waals surface area (Å²) < 4.78 is 0. The van der Waals surface area contributed by atoms with Crippen LogP contribution < -0.4 is 5.73 Å². The molecule has 0 aromatic carbocycles. The lowest BCUT2D eigenvalue weighted by Gasteiger charge is -2.02. The minimum atomic E-state index is -0.481. The van der Waals surface area contributed by atoms with Crippen molar-refractivity contribution in [3.05, 3.63) is 50.2 Å². The van der Waals surface area contributed by atoms with Gasteiger partial charge in [-0.2, -0.15) is 0 Å². The topological polar surface area (TPSA) is 87.4 Å². The highest BCUT2D eigenvalue weighted by Gasteiger charge is 1.96. The number of hydrogen-bond donors (Lipinski definition) is 2. The first-order chi connectivity index (χ1) is 9.13. The molecule has 0 radical (unpaired) electrons. The van der Waals surface area contributed by atoms with Gasteiger partial charge in [0.2, 0.25) is 5.91 Å². The number of amides is 1. The van der Waals surface area contributed by atoms with Gasteiger partial charge in [0.1, 0.15) is 5.82 Å². The highest BCUT2D eigenvalue weighted by atomic mass is 16.1. The van der Waals surface area contributed by atoms with Gasteiger partial charge in [0, 0.05) is 18.9 Å². The molecule has 2 heterocycles. The molecule has 0 atom stereocenters. The minimum absolute atomic E-state index is 0.481. The summed E-state index contributed by atoms with van der Waals surface area (Å²) in [5, 5.41) is 0. The molecule has 1 amide bonds. The van der Waals surface area contributed by atoms with Crippen LogP contribution >= 0.6 is 0 Å². The van der Waals surface area contributed by atoms with Crippen LogP contribution in [0.15, 0.2) is 49.4 Å². The molecule has 3 N–H and O–H groups in total. The van der Waals surface area contributed by atoms with Crippen LogP contribution in [-0.4, -0.2) is 40.2 Å². The number of rotatable bonds is 3. The van der Waals surface area contributed by atoms with Crippen molar-refractivity contribution in [2.24, 2.45) is 10.7 Å². The first-order valence-corrected chi connectivity index (χ1v) is 5.56. The molecule has 2 rings (SSSR count). The van der Waals surface area contributed by atoms with Crippen molar-refractivity contribution in [1.82, 2.24) is 14.9 Å². The average molecular weight is 261 g/mol. The molecule has 0 aliphatic carbocycles. The lowest BCUT2D eigenvalue weighted by molar-refractivity contribution is -0.113. The number of nitrogens with two attached hydrogens (primary N) is 1. The molecular formula is C13H19N5O. The van der Waals surface area contributed by atoms with Gasteiger partial charge in [-0.05, 0) is 18.4 Å². The third-order valence-corrected chi connectivity index (χ3v) is 1.87. The number of aliphatic imine (C=N–C) groups is 1. The van der Waals surface area contributed by atoms with E-state index in [0.29, 0.717) is 0 Å². The summed E-state index contributed by atoms with van der Waals surface area (Å²) >= 11 is 0. The van der Waals surface area contributed by atoms with Crippen molar-refractivity contribution >= 4 is 18.3 Å². The number of primary amides is 1. The summed E-state index contributed by atoms with van der Waals surface area (Å²) in [5.41, 5.74) is 4.53. The fraction of sp³-hybridized carbons (Fsp3) is 0.154. The molecular weight excluding hydrogens is 242 g/mol. The van der Waals surface area contributed by atoms with E-state index in [-0.39, 0.29) is 0 Å². The number of nitrogens with zero attached hydrogens (tertiary/aromatic N) is 3. The molecule has 1 aromatic heterocycles. The summed E-state index contributed by atoms with van der Waals surface area (Å²) in [6.07, 6.45) is 9.75. The van der Waals surface area contributed by atoms with Gasteiger partial charge >= 0.3 is 0 Å². The van der Waals surface area contributed by atoms with E-state index < -0.39 is 5.91 Å². The molecule has 1 aliphatic heterocycles. The fourth-order valence-electron chi connectivity index (χ4n) is 0.921. The zero-order valence-electron chi connectivity index (χ0n) is 10.8. The van der Waals surface area contributed by atoms with Gasteiger partial charge in [0.15, 0.2) is 0 Å². The van der Waals surface area contributed by atoms with E-state index >= 15 is 0 Å². The highest BCUT2D eigenvalue weighted by molar-refractivity contribution is 5.84. The maximum Gasteiger partial charge on any atom is 0.240 e. The van der Waals surface area contributed by atoms with Crippen molar-refractivity contribution < 1.29 is 4.79 Å². The summed E-state index contributed by atoms with van der Waals surface area (Å²) in [6.45, 7) is 12.1. The van der Waals surface area contributed by atoms with Crippen LogP contribution in [0.3, 0.4) is 0 Å². The number of aromatic amines is 1. The standard InChI is InChI=1S/C5H8N2.C5H6N2.C3H5NO/c1-2-7-4-3-6-5-7;1-2-5-6-3-4-7-5;1-2-3(4)5/h2,5H,1,3-4H2;2-4H,1H2,(H,6,7);2H,1H2,(H2,4,5). The zero-order chi connectivity index (χ0) is 14.5. The largest absolute Gasteiger partial charge is 0.366 e. The summed E-state index contributed by atoms with van der Waals surface area (Å²) in [6, 6.07) is 0. The second-order valence-corrected chi connectivity index (χ2v) is 3.23. The van der Waals surface area contributed by atoms with E-state index in [2.05, 4.69) is 40.4 Å². The van der Waals surface area contributed by atoms with E-state index in [1.165, 1.54) is 0 Å². The van der Waals surface area contributed by atoms with Crippen LogP contribution in [0, 0.1) is 0 Å². The Bertz CT molecular complexity index is 422. The maximum absolute atomic E-state index is 9.47. The third-order valence-electron chi connectivity index (χ3n) is 1.87. The van der Waals surface area contributed by atoms with E-state index in [4.69, 9.17) is 0 Å². The van der Waals surface area contributed by atoms with Crippen LogP contribution in [0.1, 0.15) is 5.82 Å². The van der Waals surface area contributed by atoms with Gasteiger partial charge in [-0.15, -0.1) is 0 Å². The van der Waals surface area contributed by atoms with Crippen molar-refractivity contribution in [1.29, 1.82) is 0 Å². The number of H-pyrrole nitrogens is 1. The Morgan fingerprint density at radius 1 is 1.47 bits per heavy atom. The van der Waals surface area contributed by atoms with Gasteiger partial charge in [0.25, 0.3) is 0 Å². The number of nitrogens with one attached hydrogen (secondary N) is 1. The molecule has 0 spiro atoms. The summed E-state index contributed by atoms with van der Waals surface area (Å²) in [4.78, 5) is 22.1. The number of carbonyl (C=O) groups is 1. The second kappa shape index (κ2) is 10.5. The first-order valence-electron chi connectivity index (χ1n) is 5.56. The van der Waals surface area contributed by atoms with Crippen LogP contribution in [0.4, 0.5) is 0 Å². The Labute approximate surface area is 113 Å². The average Bonchev–Trinajstić information content (AvgIpc) is 3.12. The van der Waals surface area contributed by atoms with E-state index in [9.17, 15) is 4.79 Å². The Kier molecular flexibility index (Phi) is 9.06. The number of aromatic nitrogens is 2. The molecule has 19 heavy (non-hydrogen) atoms. The molecule has 0 saturated carbocycles. The maximum atomic E-state index is 9.47. The van der Waals surface area contributed by atoms with E-state index in [1.54, 1.807) is 31.0 Å². The lowest BCUT2D eigenvalue weighted by atomic mass is 10.6. The van der Waals surface area contributed by atoms with Gasteiger partial charge in [-0.3, -0.25) is 9.79 Å². The lowest BCUT2D eigenvalue weighted by Crippen LogP contribution is -2.09. The van der Waals surface area contributed by atoms with E-state index in [0.717, 1.165) is 25.0 Å². The van der Waals surface area contributed by atoms with Crippen molar-refractivity contribution in [2.75, 3.05) is 13.1 Å². The molecule has 0 bridgehead atoms. The molecule has 6 nitrogen and oxygen atoms in total. The molecule has 0 unspecified atom stereocenters. The summed E-state index contributed by atoms with van der Waals surface area (Å²) in [5.74, 6) is 0.338. The second-order valence-electron chi connectivity index (χ2n) is 3.23. The zero-order valence-corrected chi connectivity index (χ0v) is 10.8. The number of hydrogen-bond acceptors (Lipinski definition) is 4. The van der Waals surface area contributed by atoms with Crippen LogP contribution in [0.25, 0.3) is 6.08 Å². The SMILES string of the molecule is C=CC(N)=O.C=CN1C=NCC1.C=Cc1ncc[nH]1. The first kappa shape index (κ1) is 16.4. The van der Waals surface area contributed by atoms with E-state index in [1.807, 2.05) is 4.90 Å². The quantitative estimate of drug-likeness (QED) is 0.801. The van der Waals surface area contributed by atoms with Gasteiger partial charge < -0.3 is 15.6 Å². The Morgan fingerprint density at radius 2 is 2.16 bits per heavy atom. The molecule has 6 heteroatoms. The van der Waals surface area contributed by atoms with Crippen molar-refractivity contribution in [3.8, 4) is 0 Å². The highest BCUT2D eigenvalue weighted by Crippen LogP contribution is 1.90. The van der Waals surface area contributed by atoms with Gasteiger partial charge in [-0.1, -0.05) is 19.7 Å². The molecule has 1 aliphatic rings. The number of imidazole rings is 1. The molecule has 0 fully saturated rings. The molecule has 0 saturated heterocycles. The predicted molar refractivity (Wildman–Crippen MR) is 78.3 cm³/mol. The van der Waals surface area contributed by atoms with Gasteiger partial charge in [-0.25, -0.2) is 4.98 Å². The van der Waals surface area contributed by atoms with Crippen molar-refractivity contribution in [2.45, 2.75) is 0 Å². The third kappa shape index (κ3) is 9.11. The molecule has 1 aromatic rings. The van der Waals surface area contributed by atoms with Crippen LogP contribution in [-0.2, 0) is 4.79 Å². The van der Waals surface area contributed by atoms with Crippen molar-refractivity contribution in [3.63, 3.8) is 0 Å². The van der Waals surface area contributed by atoms with Gasteiger partial charge in [0.05, 0.1) is 12.9 Å². The predicted octanol–water partition coefficient (Wildman–Crippen LogP) is 1.18. The minimum Gasteiger partial charge on any atom is -0.366 e. The number of carbonyl (C=O) groups excluding carboxylic acids is 1. The van der Waals surface area contributed by atoms with Crippen LogP contribution in [0.2, 0.25) is 0 Å². The summed E-state index contributed by atoms with van der Waals surface area (Å²) in [7, 11) is 0. The molecule has 102 valence electrons.